The van der Waals surface area contributed by atoms with Gasteiger partial charge in [0, 0.05) is 19.2 Å². The van der Waals surface area contributed by atoms with Crippen molar-refractivity contribution < 1.29 is 20.1 Å². The normalized spacial score (nSPS) is 27.1. The number of rotatable bonds is 4. The maximum absolute atomic E-state index is 10.5. The van der Waals surface area contributed by atoms with Crippen molar-refractivity contribution in [2.24, 2.45) is 13.0 Å². The van der Waals surface area contributed by atoms with Crippen molar-refractivity contribution in [1.82, 2.24) is 9.78 Å². The lowest BCUT2D eigenvalue weighted by Crippen LogP contribution is -2.50. The van der Waals surface area contributed by atoms with Crippen molar-refractivity contribution in [3.8, 4) is 22.4 Å². The van der Waals surface area contributed by atoms with E-state index < -0.39 is 24.4 Å². The molecule has 6 heteroatoms. The predicted octanol–water partition coefficient (Wildman–Crippen LogP) is 2.54. The van der Waals surface area contributed by atoms with Crippen LogP contribution in [-0.4, -0.2) is 50.0 Å². The molecule has 0 radical (unpaired) electrons. The molecule has 1 aliphatic rings. The van der Waals surface area contributed by atoms with Crippen molar-refractivity contribution >= 4 is 0 Å². The first-order chi connectivity index (χ1) is 14.0. The van der Waals surface area contributed by atoms with Gasteiger partial charge in [0.1, 0.15) is 12.2 Å². The summed E-state index contributed by atoms with van der Waals surface area (Å²) in [6.07, 6.45) is -1.42. The van der Waals surface area contributed by atoms with E-state index in [2.05, 4.69) is 17.2 Å². The third-order valence-corrected chi connectivity index (χ3v) is 5.84. The maximum Gasteiger partial charge on any atom is 0.111 e. The van der Waals surface area contributed by atoms with Crippen LogP contribution in [0, 0.1) is 5.92 Å². The number of aryl methyl sites for hydroxylation is 1. The van der Waals surface area contributed by atoms with Gasteiger partial charge in [-0.05, 0) is 34.4 Å². The van der Waals surface area contributed by atoms with Gasteiger partial charge >= 0.3 is 0 Å². The highest BCUT2D eigenvalue weighted by atomic mass is 16.5. The molecule has 0 saturated carbocycles. The van der Waals surface area contributed by atoms with Crippen LogP contribution in [0.15, 0.2) is 60.8 Å². The Labute approximate surface area is 170 Å². The maximum atomic E-state index is 10.5. The average molecular weight is 394 g/mol. The summed E-state index contributed by atoms with van der Waals surface area (Å²) in [5.41, 5.74) is 4.93. The first kappa shape index (κ1) is 19.8. The monoisotopic (exact) mass is 394 g/mol. The largest absolute Gasteiger partial charge is 0.394 e. The highest BCUT2D eigenvalue weighted by Crippen LogP contribution is 2.36. The zero-order valence-corrected chi connectivity index (χ0v) is 16.5. The van der Waals surface area contributed by atoms with Gasteiger partial charge < -0.3 is 20.1 Å². The van der Waals surface area contributed by atoms with Crippen molar-refractivity contribution in [2.75, 3.05) is 6.61 Å². The number of aliphatic hydroxyl groups is 3. The molecule has 0 bridgehead atoms. The lowest BCUT2D eigenvalue weighted by molar-refractivity contribution is -0.206. The summed E-state index contributed by atoms with van der Waals surface area (Å²) in [5.74, 6) is -0.339. The van der Waals surface area contributed by atoms with Crippen LogP contribution >= 0.6 is 0 Å². The van der Waals surface area contributed by atoms with Crippen LogP contribution in [0.25, 0.3) is 22.4 Å². The third kappa shape index (κ3) is 3.72. The number of hydrogen-bond acceptors (Lipinski definition) is 5. The third-order valence-electron chi connectivity index (χ3n) is 5.84. The van der Waals surface area contributed by atoms with Gasteiger partial charge in [-0.3, -0.25) is 4.68 Å². The number of nitrogens with zero attached hydrogens (tertiary/aromatic N) is 2. The lowest BCUT2D eigenvalue weighted by Gasteiger charge is -2.41. The lowest BCUT2D eigenvalue weighted by atomic mass is 9.85. The van der Waals surface area contributed by atoms with E-state index >= 15 is 0 Å². The van der Waals surface area contributed by atoms with Crippen molar-refractivity contribution in [3.05, 3.63) is 66.4 Å². The first-order valence-electron chi connectivity index (χ1n) is 9.81. The molecule has 1 aromatic heterocycles. The Morgan fingerprint density at radius 1 is 0.966 bits per heavy atom. The van der Waals surface area contributed by atoms with Crippen molar-refractivity contribution in [3.63, 3.8) is 0 Å². The first-order valence-corrected chi connectivity index (χ1v) is 9.81. The molecule has 1 fully saturated rings. The number of ether oxygens (including phenoxy) is 1. The Kier molecular flexibility index (Phi) is 5.52. The van der Waals surface area contributed by atoms with Gasteiger partial charge in [-0.2, -0.15) is 5.10 Å². The van der Waals surface area contributed by atoms with Gasteiger partial charge in [0.2, 0.25) is 0 Å². The van der Waals surface area contributed by atoms with Crippen LogP contribution < -0.4 is 0 Å². The summed E-state index contributed by atoms with van der Waals surface area (Å²) in [6.45, 7) is 1.57. The second-order valence-corrected chi connectivity index (χ2v) is 7.66. The van der Waals surface area contributed by atoms with Crippen LogP contribution in [0.1, 0.15) is 18.6 Å². The summed E-state index contributed by atoms with van der Waals surface area (Å²) in [7, 11) is 1.91. The minimum Gasteiger partial charge on any atom is -0.394 e. The van der Waals surface area contributed by atoms with Gasteiger partial charge in [-0.25, -0.2) is 0 Å². The fraction of sp³-hybridized carbons (Fsp3) is 0.348. The van der Waals surface area contributed by atoms with Crippen LogP contribution in [0.3, 0.4) is 0 Å². The van der Waals surface area contributed by atoms with Crippen LogP contribution in [0.2, 0.25) is 0 Å². The van der Waals surface area contributed by atoms with E-state index in [1.54, 1.807) is 13.1 Å². The zero-order chi connectivity index (χ0) is 20.5. The van der Waals surface area contributed by atoms with Gasteiger partial charge in [-0.1, -0.05) is 49.4 Å². The Morgan fingerprint density at radius 3 is 2.34 bits per heavy atom. The molecule has 0 amide bonds. The molecule has 3 aromatic rings. The Bertz CT molecular complexity index is 967. The standard InChI is InChI=1S/C23H26N2O4/c1-14-20(13-26)29-23(22(28)21(14)27)18-5-3-4-17(12-18)15-6-8-16(9-7-15)19-10-11-24-25(19)2/h3-12,14,20-23,26-28H,13H2,1-2H3. The highest BCUT2D eigenvalue weighted by molar-refractivity contribution is 5.69. The number of aromatic nitrogens is 2. The van der Waals surface area contributed by atoms with Gasteiger partial charge in [0.25, 0.3) is 0 Å². The molecule has 29 heavy (non-hydrogen) atoms. The second kappa shape index (κ2) is 8.08. The molecule has 5 atom stereocenters. The highest BCUT2D eigenvalue weighted by Gasteiger charge is 2.42. The summed E-state index contributed by atoms with van der Waals surface area (Å²) in [5, 5.41) is 34.7. The number of hydrogen-bond donors (Lipinski definition) is 3. The minimum absolute atomic E-state index is 0.198. The quantitative estimate of drug-likeness (QED) is 0.633. The molecular weight excluding hydrogens is 368 g/mol. The fourth-order valence-corrected chi connectivity index (χ4v) is 3.97. The predicted molar refractivity (Wildman–Crippen MR) is 110 cm³/mol. The zero-order valence-electron chi connectivity index (χ0n) is 16.5. The van der Waals surface area contributed by atoms with Gasteiger partial charge in [-0.15, -0.1) is 0 Å². The Morgan fingerprint density at radius 2 is 1.69 bits per heavy atom. The summed E-state index contributed by atoms with van der Waals surface area (Å²) in [4.78, 5) is 0. The average Bonchev–Trinajstić information content (AvgIpc) is 3.18. The second-order valence-electron chi connectivity index (χ2n) is 7.66. The Hall–Kier alpha value is -2.51. The smallest absolute Gasteiger partial charge is 0.111 e. The van der Waals surface area contributed by atoms with Crippen LogP contribution in [-0.2, 0) is 11.8 Å². The topological polar surface area (TPSA) is 87.7 Å². The molecule has 6 nitrogen and oxygen atoms in total. The van der Waals surface area contributed by atoms with E-state index in [1.807, 2.05) is 54.2 Å². The molecule has 1 saturated heterocycles. The van der Waals surface area contributed by atoms with E-state index in [4.69, 9.17) is 4.74 Å². The molecule has 3 N–H and O–H groups in total. The molecule has 152 valence electrons. The minimum atomic E-state index is -1.05. The van der Waals surface area contributed by atoms with Crippen LogP contribution in [0.5, 0.6) is 0 Å². The van der Waals surface area contributed by atoms with Gasteiger partial charge in [0.15, 0.2) is 0 Å². The van der Waals surface area contributed by atoms with Crippen LogP contribution in [0.4, 0.5) is 0 Å². The number of benzene rings is 2. The molecule has 2 aromatic carbocycles. The summed E-state index contributed by atoms with van der Waals surface area (Å²) < 4.78 is 7.75. The summed E-state index contributed by atoms with van der Waals surface area (Å²) >= 11 is 0. The fourth-order valence-electron chi connectivity index (χ4n) is 3.97. The van der Waals surface area contributed by atoms with E-state index in [1.165, 1.54) is 0 Å². The van der Waals surface area contributed by atoms with Crippen molar-refractivity contribution in [2.45, 2.75) is 31.3 Å². The number of aliphatic hydroxyl groups excluding tert-OH is 3. The van der Waals surface area contributed by atoms with Crippen molar-refractivity contribution in [1.29, 1.82) is 0 Å². The molecule has 5 unspecified atom stereocenters. The molecule has 1 aliphatic heterocycles. The Balaban J connectivity index is 1.61. The molecule has 2 heterocycles. The van der Waals surface area contributed by atoms with E-state index in [-0.39, 0.29) is 12.5 Å². The van der Waals surface area contributed by atoms with E-state index in [9.17, 15) is 15.3 Å². The SMILES string of the molecule is CC1C(CO)OC(c2cccc(-c3ccc(-c4ccnn4C)cc3)c2)C(O)C1O. The van der Waals surface area contributed by atoms with E-state index in [0.717, 1.165) is 27.9 Å². The van der Waals surface area contributed by atoms with E-state index in [0.29, 0.717) is 0 Å². The van der Waals surface area contributed by atoms with Gasteiger partial charge in [0.05, 0.1) is 24.5 Å². The molecule has 0 spiro atoms. The molecule has 0 aliphatic carbocycles. The molecule has 4 rings (SSSR count). The summed E-state index contributed by atoms with van der Waals surface area (Å²) in [6, 6.07) is 17.9. The molecular formula is C23H26N2O4.